The number of nitrogens with zero attached hydrogens (tertiary/aromatic N) is 3. The monoisotopic (exact) mass is 233 g/mol. The van der Waals surface area contributed by atoms with Crippen LogP contribution in [0.1, 0.15) is 18.5 Å². The van der Waals surface area contributed by atoms with E-state index in [0.29, 0.717) is 6.54 Å². The van der Waals surface area contributed by atoms with Crippen LogP contribution in [0.2, 0.25) is 0 Å². The second-order valence-electron chi connectivity index (χ2n) is 4.01. The molecule has 1 aliphatic rings. The van der Waals surface area contributed by atoms with Gasteiger partial charge in [-0.1, -0.05) is 0 Å². The summed E-state index contributed by atoms with van der Waals surface area (Å²) in [7, 11) is 0. The molecule has 0 aliphatic carbocycles. The lowest BCUT2D eigenvalue weighted by atomic mass is 10.4. The van der Waals surface area contributed by atoms with Gasteiger partial charge in [-0.05, 0) is 32.0 Å². The lowest BCUT2D eigenvalue weighted by Crippen LogP contribution is -2.24. The van der Waals surface area contributed by atoms with Gasteiger partial charge in [-0.15, -0.1) is 0 Å². The predicted molar refractivity (Wildman–Crippen MR) is 52.9 cm³/mol. The zero-order valence-corrected chi connectivity index (χ0v) is 8.87. The van der Waals surface area contributed by atoms with Crippen molar-refractivity contribution < 1.29 is 13.2 Å². The average Bonchev–Trinajstić information content (AvgIpc) is 2.85. The summed E-state index contributed by atoms with van der Waals surface area (Å²) in [5.41, 5.74) is -0.811. The largest absolute Gasteiger partial charge is 0.435 e. The summed E-state index contributed by atoms with van der Waals surface area (Å²) >= 11 is 0. The van der Waals surface area contributed by atoms with E-state index in [1.807, 2.05) is 0 Å². The number of halogens is 3. The third-order valence-corrected chi connectivity index (χ3v) is 2.78. The molecule has 1 fully saturated rings. The van der Waals surface area contributed by atoms with E-state index in [0.717, 1.165) is 25.7 Å². The van der Waals surface area contributed by atoms with E-state index in [1.165, 1.54) is 23.7 Å². The molecule has 1 aromatic rings. The molecule has 0 spiro atoms. The van der Waals surface area contributed by atoms with E-state index in [9.17, 15) is 13.2 Å². The van der Waals surface area contributed by atoms with Crippen molar-refractivity contribution in [1.82, 2.24) is 14.7 Å². The Kier molecular flexibility index (Phi) is 3.18. The summed E-state index contributed by atoms with van der Waals surface area (Å²) in [5.74, 6) is 0. The van der Waals surface area contributed by atoms with E-state index < -0.39 is 11.9 Å². The van der Waals surface area contributed by atoms with Gasteiger partial charge < -0.3 is 4.90 Å². The highest BCUT2D eigenvalue weighted by Crippen LogP contribution is 2.27. The molecule has 0 radical (unpaired) electrons. The number of alkyl halides is 3. The second-order valence-corrected chi connectivity index (χ2v) is 4.01. The summed E-state index contributed by atoms with van der Waals surface area (Å²) in [6.07, 6.45) is -0.572. The fourth-order valence-electron chi connectivity index (χ4n) is 1.89. The number of rotatable bonds is 3. The number of hydrogen-bond acceptors (Lipinski definition) is 2. The Morgan fingerprint density at radius 3 is 2.44 bits per heavy atom. The Balaban J connectivity index is 1.87. The molecule has 0 aromatic carbocycles. The zero-order valence-electron chi connectivity index (χ0n) is 8.87. The molecule has 2 heterocycles. The summed E-state index contributed by atoms with van der Waals surface area (Å²) in [4.78, 5) is 2.24. The molecule has 0 amide bonds. The van der Waals surface area contributed by atoms with Crippen LogP contribution in [0.15, 0.2) is 12.3 Å². The van der Waals surface area contributed by atoms with Crippen molar-refractivity contribution in [3.05, 3.63) is 18.0 Å². The molecule has 0 bridgehead atoms. The van der Waals surface area contributed by atoms with Gasteiger partial charge in [0.25, 0.3) is 0 Å². The third kappa shape index (κ3) is 2.75. The van der Waals surface area contributed by atoms with Crippen LogP contribution in [0, 0.1) is 0 Å². The van der Waals surface area contributed by atoms with Gasteiger partial charge in [0.05, 0.1) is 6.54 Å². The molecule has 0 saturated carbocycles. The Morgan fingerprint density at radius 2 is 1.88 bits per heavy atom. The van der Waals surface area contributed by atoms with Gasteiger partial charge in [0.2, 0.25) is 0 Å². The maximum absolute atomic E-state index is 12.3. The molecule has 0 N–H and O–H groups in total. The van der Waals surface area contributed by atoms with Crippen LogP contribution in [-0.4, -0.2) is 34.3 Å². The third-order valence-electron chi connectivity index (χ3n) is 2.78. The van der Waals surface area contributed by atoms with Gasteiger partial charge in [0.1, 0.15) is 0 Å². The Bertz CT molecular complexity index is 339. The standard InChI is InChI=1S/C10H14F3N3/c11-10(12,13)9-3-6-16(14-9)8-7-15-4-1-2-5-15/h3,6H,1-2,4-5,7-8H2. The molecule has 1 aromatic heterocycles. The van der Waals surface area contributed by atoms with Crippen LogP contribution in [0.25, 0.3) is 0 Å². The average molecular weight is 233 g/mol. The molecule has 0 unspecified atom stereocenters. The first-order valence-corrected chi connectivity index (χ1v) is 5.39. The van der Waals surface area contributed by atoms with Gasteiger partial charge in [-0.25, -0.2) is 0 Å². The lowest BCUT2D eigenvalue weighted by molar-refractivity contribution is -0.141. The zero-order chi connectivity index (χ0) is 11.6. The smallest absolute Gasteiger partial charge is 0.301 e. The molecule has 0 atom stereocenters. The highest BCUT2D eigenvalue weighted by atomic mass is 19.4. The van der Waals surface area contributed by atoms with Crippen molar-refractivity contribution in [2.45, 2.75) is 25.6 Å². The summed E-state index contributed by atoms with van der Waals surface area (Å²) in [5, 5.41) is 3.51. The molecule has 3 nitrogen and oxygen atoms in total. The van der Waals surface area contributed by atoms with Crippen LogP contribution < -0.4 is 0 Å². The first-order chi connectivity index (χ1) is 7.55. The Hall–Kier alpha value is -1.04. The van der Waals surface area contributed by atoms with Crippen LogP contribution in [0.4, 0.5) is 13.2 Å². The SMILES string of the molecule is FC(F)(F)c1ccn(CCN2CCCC2)n1. The Morgan fingerprint density at radius 1 is 1.19 bits per heavy atom. The fraction of sp³-hybridized carbons (Fsp3) is 0.700. The van der Waals surface area contributed by atoms with Gasteiger partial charge >= 0.3 is 6.18 Å². The minimum Gasteiger partial charge on any atom is -0.301 e. The van der Waals surface area contributed by atoms with Gasteiger partial charge in [-0.3, -0.25) is 4.68 Å². The molecular formula is C10H14F3N3. The van der Waals surface area contributed by atoms with Gasteiger partial charge in [0, 0.05) is 12.7 Å². The molecule has 6 heteroatoms. The normalized spacial score (nSPS) is 18.2. The fourth-order valence-corrected chi connectivity index (χ4v) is 1.89. The van der Waals surface area contributed by atoms with E-state index in [2.05, 4.69) is 10.00 Å². The van der Waals surface area contributed by atoms with Crippen LogP contribution in [0.3, 0.4) is 0 Å². The first-order valence-electron chi connectivity index (χ1n) is 5.39. The molecule has 16 heavy (non-hydrogen) atoms. The van der Waals surface area contributed by atoms with Crippen LogP contribution in [0.5, 0.6) is 0 Å². The summed E-state index contributed by atoms with van der Waals surface area (Å²) < 4.78 is 38.1. The predicted octanol–water partition coefficient (Wildman–Crippen LogP) is 2.00. The number of likely N-dealkylation sites (tertiary alicyclic amines) is 1. The molecule has 1 aliphatic heterocycles. The molecule has 90 valence electrons. The molecule has 2 rings (SSSR count). The van der Waals surface area contributed by atoms with Crippen molar-refractivity contribution in [3.8, 4) is 0 Å². The summed E-state index contributed by atoms with van der Waals surface area (Å²) in [6.45, 7) is 3.40. The molecule has 1 saturated heterocycles. The number of hydrogen-bond donors (Lipinski definition) is 0. The maximum atomic E-state index is 12.3. The maximum Gasteiger partial charge on any atom is 0.435 e. The first kappa shape index (κ1) is 11.4. The van der Waals surface area contributed by atoms with E-state index >= 15 is 0 Å². The van der Waals surface area contributed by atoms with Crippen molar-refractivity contribution in [3.63, 3.8) is 0 Å². The second kappa shape index (κ2) is 4.45. The summed E-state index contributed by atoms with van der Waals surface area (Å²) in [6, 6.07) is 1.02. The lowest BCUT2D eigenvalue weighted by Gasteiger charge is -2.13. The van der Waals surface area contributed by atoms with Gasteiger partial charge in [0.15, 0.2) is 5.69 Å². The van der Waals surface area contributed by atoms with Crippen LogP contribution in [-0.2, 0) is 12.7 Å². The highest BCUT2D eigenvalue weighted by molar-refractivity contribution is 5.03. The van der Waals surface area contributed by atoms with Crippen LogP contribution >= 0.6 is 0 Å². The van der Waals surface area contributed by atoms with E-state index in [-0.39, 0.29) is 0 Å². The van der Waals surface area contributed by atoms with E-state index in [1.54, 1.807) is 0 Å². The van der Waals surface area contributed by atoms with Gasteiger partial charge in [-0.2, -0.15) is 18.3 Å². The highest BCUT2D eigenvalue weighted by Gasteiger charge is 2.33. The Labute approximate surface area is 91.8 Å². The molecular weight excluding hydrogens is 219 g/mol. The van der Waals surface area contributed by atoms with E-state index in [4.69, 9.17) is 0 Å². The number of aromatic nitrogens is 2. The van der Waals surface area contributed by atoms with Crippen molar-refractivity contribution in [1.29, 1.82) is 0 Å². The van der Waals surface area contributed by atoms with Crippen molar-refractivity contribution >= 4 is 0 Å². The van der Waals surface area contributed by atoms with Crippen molar-refractivity contribution in [2.75, 3.05) is 19.6 Å². The quantitative estimate of drug-likeness (QED) is 0.796. The minimum atomic E-state index is -4.33. The van der Waals surface area contributed by atoms with Crippen molar-refractivity contribution in [2.24, 2.45) is 0 Å². The minimum absolute atomic E-state index is 0.524. The topological polar surface area (TPSA) is 21.1 Å².